The fourth-order valence-corrected chi connectivity index (χ4v) is 2.18. The van der Waals surface area contributed by atoms with Gasteiger partial charge in [0.05, 0.1) is 5.56 Å². The molecule has 1 aromatic rings. The molecule has 0 radical (unpaired) electrons. The van der Waals surface area contributed by atoms with E-state index in [-0.39, 0.29) is 0 Å². The molecule has 2 rings (SSSR count). The van der Waals surface area contributed by atoms with Gasteiger partial charge in [-0.25, -0.2) is 9.78 Å². The van der Waals surface area contributed by atoms with Crippen molar-refractivity contribution in [2.75, 3.05) is 11.4 Å². The van der Waals surface area contributed by atoms with Crippen molar-refractivity contribution < 1.29 is 9.90 Å². The molecule has 1 aliphatic heterocycles. The predicted octanol–water partition coefficient (Wildman–Crippen LogP) is 1.32. The summed E-state index contributed by atoms with van der Waals surface area (Å²) in [7, 11) is 0. The number of anilines is 1. The lowest BCUT2D eigenvalue weighted by Crippen LogP contribution is -2.37. The maximum Gasteiger partial charge on any atom is 0.326 e. The number of pyridine rings is 1. The van der Waals surface area contributed by atoms with Crippen LogP contribution >= 0.6 is 0 Å². The summed E-state index contributed by atoms with van der Waals surface area (Å²) >= 11 is 0. The maximum atomic E-state index is 11.1. The van der Waals surface area contributed by atoms with Crippen LogP contribution in [0.5, 0.6) is 0 Å². The number of carboxylic acids is 1. The highest BCUT2D eigenvalue weighted by molar-refractivity contribution is 5.79. The van der Waals surface area contributed by atoms with E-state index in [2.05, 4.69) is 11.1 Å². The Morgan fingerprint density at radius 3 is 3.12 bits per heavy atom. The molecule has 1 fully saturated rings. The smallest absolute Gasteiger partial charge is 0.326 e. The highest BCUT2D eigenvalue weighted by Crippen LogP contribution is 2.27. The molecule has 0 amide bonds. The molecule has 0 aromatic carbocycles. The molecule has 0 spiro atoms. The van der Waals surface area contributed by atoms with Crippen molar-refractivity contribution in [1.82, 2.24) is 4.98 Å². The number of hydrogen-bond donors (Lipinski definition) is 1. The minimum absolute atomic E-state index is 0.473. The van der Waals surface area contributed by atoms with Gasteiger partial charge < -0.3 is 10.0 Å². The zero-order valence-electron chi connectivity index (χ0n) is 9.55. The molecule has 5 nitrogen and oxygen atoms in total. The van der Waals surface area contributed by atoms with Crippen LogP contribution in [-0.2, 0) is 4.79 Å². The molecule has 1 N–H and O–H groups in total. The van der Waals surface area contributed by atoms with Crippen molar-refractivity contribution in [3.63, 3.8) is 0 Å². The van der Waals surface area contributed by atoms with Crippen molar-refractivity contribution in [2.24, 2.45) is 0 Å². The molecule has 0 aliphatic carbocycles. The fourth-order valence-electron chi connectivity index (χ4n) is 2.18. The van der Waals surface area contributed by atoms with Crippen LogP contribution in [0.25, 0.3) is 0 Å². The van der Waals surface area contributed by atoms with E-state index in [0.717, 1.165) is 12.0 Å². The quantitative estimate of drug-likeness (QED) is 0.830. The highest BCUT2D eigenvalue weighted by atomic mass is 16.4. The molecule has 1 aromatic heterocycles. The molecule has 17 heavy (non-hydrogen) atoms. The SMILES string of the molecule is Cc1ccnc(N2CCCC2C(=O)O)c1C#N. The van der Waals surface area contributed by atoms with Crippen molar-refractivity contribution in [3.05, 3.63) is 23.4 Å². The van der Waals surface area contributed by atoms with Gasteiger partial charge in [0.1, 0.15) is 17.9 Å². The Balaban J connectivity index is 2.44. The first kappa shape index (κ1) is 11.4. The molecule has 88 valence electrons. The van der Waals surface area contributed by atoms with Gasteiger partial charge in [-0.2, -0.15) is 5.26 Å². The number of aromatic nitrogens is 1. The summed E-state index contributed by atoms with van der Waals surface area (Å²) < 4.78 is 0. The number of nitriles is 1. The number of nitrogens with zero attached hydrogens (tertiary/aromatic N) is 3. The van der Waals surface area contributed by atoms with Crippen LogP contribution < -0.4 is 4.90 Å². The second-order valence-corrected chi connectivity index (χ2v) is 4.13. The summed E-state index contributed by atoms with van der Waals surface area (Å²) in [5.41, 5.74) is 1.30. The molecule has 1 unspecified atom stereocenters. The van der Waals surface area contributed by atoms with Gasteiger partial charge in [0.15, 0.2) is 0 Å². The van der Waals surface area contributed by atoms with Crippen LogP contribution in [-0.4, -0.2) is 28.6 Å². The zero-order valence-corrected chi connectivity index (χ0v) is 9.55. The Bertz CT molecular complexity index is 493. The maximum absolute atomic E-state index is 11.1. The van der Waals surface area contributed by atoms with E-state index in [1.165, 1.54) is 0 Å². The summed E-state index contributed by atoms with van der Waals surface area (Å²) in [4.78, 5) is 17.0. The number of aliphatic carboxylic acids is 1. The summed E-state index contributed by atoms with van der Waals surface area (Å²) in [6.07, 6.45) is 3.04. The summed E-state index contributed by atoms with van der Waals surface area (Å²) in [6.45, 7) is 2.47. The van der Waals surface area contributed by atoms with E-state index in [4.69, 9.17) is 10.4 Å². The van der Waals surface area contributed by atoms with Crippen molar-refractivity contribution in [1.29, 1.82) is 5.26 Å². The summed E-state index contributed by atoms with van der Waals surface area (Å²) in [5.74, 6) is -0.355. The summed E-state index contributed by atoms with van der Waals surface area (Å²) in [5, 5.41) is 18.2. The lowest BCUT2D eigenvalue weighted by molar-refractivity contribution is -0.138. The van der Waals surface area contributed by atoms with Gasteiger partial charge in [0, 0.05) is 12.7 Å². The van der Waals surface area contributed by atoms with Gasteiger partial charge >= 0.3 is 5.97 Å². The lowest BCUT2D eigenvalue weighted by atomic mass is 10.1. The minimum Gasteiger partial charge on any atom is -0.480 e. The lowest BCUT2D eigenvalue weighted by Gasteiger charge is -2.23. The van der Waals surface area contributed by atoms with Crippen LogP contribution in [0.3, 0.4) is 0 Å². The predicted molar refractivity (Wildman–Crippen MR) is 61.7 cm³/mol. The standard InChI is InChI=1S/C12H13N3O2/c1-8-4-5-14-11(9(8)7-13)15-6-2-3-10(15)12(16)17/h4-5,10H,2-3,6H2,1H3,(H,16,17). The third-order valence-corrected chi connectivity index (χ3v) is 3.06. The van der Waals surface area contributed by atoms with E-state index in [0.29, 0.717) is 24.3 Å². The molecule has 1 atom stereocenters. The van der Waals surface area contributed by atoms with Gasteiger partial charge in [-0.3, -0.25) is 0 Å². The van der Waals surface area contributed by atoms with E-state index in [9.17, 15) is 4.79 Å². The average molecular weight is 231 g/mol. The largest absolute Gasteiger partial charge is 0.480 e. The van der Waals surface area contributed by atoms with Crippen LogP contribution in [0.4, 0.5) is 5.82 Å². The van der Waals surface area contributed by atoms with Gasteiger partial charge in [-0.15, -0.1) is 0 Å². The Labute approximate surface area is 99.3 Å². The first-order valence-electron chi connectivity index (χ1n) is 5.50. The zero-order chi connectivity index (χ0) is 12.4. The molecule has 0 saturated carbocycles. The van der Waals surface area contributed by atoms with Crippen LogP contribution in [0.15, 0.2) is 12.3 Å². The monoisotopic (exact) mass is 231 g/mol. The van der Waals surface area contributed by atoms with E-state index >= 15 is 0 Å². The third kappa shape index (κ3) is 1.94. The normalized spacial score (nSPS) is 19.1. The topological polar surface area (TPSA) is 77.2 Å². The van der Waals surface area contributed by atoms with Crippen LogP contribution in [0.2, 0.25) is 0 Å². The van der Waals surface area contributed by atoms with Gasteiger partial charge in [0.25, 0.3) is 0 Å². The van der Waals surface area contributed by atoms with Gasteiger partial charge in [-0.05, 0) is 31.4 Å². The van der Waals surface area contributed by atoms with E-state index in [1.54, 1.807) is 17.2 Å². The third-order valence-electron chi connectivity index (χ3n) is 3.06. The van der Waals surface area contributed by atoms with Crippen molar-refractivity contribution in [3.8, 4) is 6.07 Å². The summed E-state index contributed by atoms with van der Waals surface area (Å²) in [6, 6.07) is 3.30. The number of carboxylic acid groups (broad SMARTS) is 1. The van der Waals surface area contributed by atoms with Gasteiger partial charge in [0.2, 0.25) is 0 Å². The highest BCUT2D eigenvalue weighted by Gasteiger charge is 2.32. The van der Waals surface area contributed by atoms with Crippen molar-refractivity contribution >= 4 is 11.8 Å². The molecular weight excluding hydrogens is 218 g/mol. The number of hydrogen-bond acceptors (Lipinski definition) is 4. The minimum atomic E-state index is -0.852. The second kappa shape index (κ2) is 4.42. The van der Waals surface area contributed by atoms with E-state index in [1.807, 2.05) is 6.92 Å². The van der Waals surface area contributed by atoms with Gasteiger partial charge in [-0.1, -0.05) is 0 Å². The number of aryl methyl sites for hydroxylation is 1. The number of carbonyl (C=O) groups is 1. The Kier molecular flexibility index (Phi) is 2.96. The van der Waals surface area contributed by atoms with Crippen LogP contribution in [0, 0.1) is 18.3 Å². The Morgan fingerprint density at radius 2 is 2.47 bits per heavy atom. The molecule has 1 aliphatic rings. The fraction of sp³-hybridized carbons (Fsp3) is 0.417. The molecule has 2 heterocycles. The van der Waals surface area contributed by atoms with Crippen LogP contribution in [0.1, 0.15) is 24.0 Å². The first-order chi connectivity index (χ1) is 8.15. The Morgan fingerprint density at radius 1 is 1.71 bits per heavy atom. The van der Waals surface area contributed by atoms with E-state index < -0.39 is 12.0 Å². The average Bonchev–Trinajstić information content (AvgIpc) is 2.77. The molecule has 5 heteroatoms. The number of rotatable bonds is 2. The molecule has 0 bridgehead atoms. The first-order valence-corrected chi connectivity index (χ1v) is 5.50. The molecular formula is C12H13N3O2. The molecule has 1 saturated heterocycles. The van der Waals surface area contributed by atoms with Crippen molar-refractivity contribution in [2.45, 2.75) is 25.8 Å². The second-order valence-electron chi connectivity index (χ2n) is 4.13. The Hall–Kier alpha value is -2.09.